The Morgan fingerprint density at radius 2 is 2.10 bits per heavy atom. The Morgan fingerprint density at radius 3 is 2.75 bits per heavy atom. The number of hydrogen-bond donors (Lipinski definition) is 1. The van der Waals surface area contributed by atoms with Gasteiger partial charge in [0.2, 0.25) is 0 Å². The van der Waals surface area contributed by atoms with Crippen LogP contribution >= 0.6 is 0 Å². The minimum Gasteiger partial charge on any atom is -0.468 e. The normalized spacial score (nSPS) is 12.4. The molecule has 0 aliphatic carbocycles. The number of nitrogens with one attached hydrogen (secondary N) is 1. The first-order chi connectivity index (χ1) is 9.83. The van der Waals surface area contributed by atoms with Gasteiger partial charge in [-0.2, -0.15) is 0 Å². The van der Waals surface area contributed by atoms with E-state index in [9.17, 15) is 0 Å². The minimum atomic E-state index is 0.275. The van der Waals surface area contributed by atoms with Gasteiger partial charge < -0.3 is 14.3 Å². The Bertz CT molecular complexity index is 627. The molecule has 0 saturated heterocycles. The number of hydrogen-bond acceptors (Lipinski definition) is 3. The molecule has 0 fully saturated rings. The SMILES string of the molecule is CC(NCc1ccco1)c1ccc(-n2ccnc2)cc1. The van der Waals surface area contributed by atoms with Gasteiger partial charge in [-0.05, 0) is 36.8 Å². The Kier molecular flexibility index (Phi) is 3.65. The topological polar surface area (TPSA) is 43.0 Å². The summed E-state index contributed by atoms with van der Waals surface area (Å²) in [5.74, 6) is 0.951. The summed E-state index contributed by atoms with van der Waals surface area (Å²) in [6.45, 7) is 2.88. The van der Waals surface area contributed by atoms with Gasteiger partial charge in [0.25, 0.3) is 0 Å². The minimum absolute atomic E-state index is 0.275. The quantitative estimate of drug-likeness (QED) is 0.771. The zero-order chi connectivity index (χ0) is 13.8. The van der Waals surface area contributed by atoms with Gasteiger partial charge in [0.1, 0.15) is 5.76 Å². The molecule has 1 N–H and O–H groups in total. The molecule has 0 spiro atoms. The van der Waals surface area contributed by atoms with Crippen LogP contribution in [0.2, 0.25) is 0 Å². The van der Waals surface area contributed by atoms with Gasteiger partial charge in [-0.3, -0.25) is 0 Å². The van der Waals surface area contributed by atoms with Crippen LogP contribution in [0, 0.1) is 0 Å². The molecule has 2 heterocycles. The van der Waals surface area contributed by atoms with Crippen LogP contribution in [0.15, 0.2) is 65.8 Å². The predicted octanol–water partition coefficient (Wildman–Crippen LogP) is 3.32. The van der Waals surface area contributed by atoms with Crippen LogP contribution in [-0.2, 0) is 6.54 Å². The van der Waals surface area contributed by atoms with Crippen molar-refractivity contribution in [3.63, 3.8) is 0 Å². The number of nitrogens with zero attached hydrogens (tertiary/aromatic N) is 2. The van der Waals surface area contributed by atoms with Crippen molar-refractivity contribution in [3.05, 3.63) is 72.7 Å². The zero-order valence-electron chi connectivity index (χ0n) is 11.4. The van der Waals surface area contributed by atoms with E-state index < -0.39 is 0 Å². The third-order valence-electron chi connectivity index (χ3n) is 3.36. The molecule has 0 amide bonds. The summed E-state index contributed by atoms with van der Waals surface area (Å²) >= 11 is 0. The summed E-state index contributed by atoms with van der Waals surface area (Å²) in [5.41, 5.74) is 2.37. The molecule has 0 saturated carbocycles. The smallest absolute Gasteiger partial charge is 0.117 e. The maximum Gasteiger partial charge on any atom is 0.117 e. The summed E-state index contributed by atoms with van der Waals surface area (Å²) in [6, 6.07) is 12.6. The number of rotatable bonds is 5. The van der Waals surface area contributed by atoms with E-state index in [0.717, 1.165) is 18.0 Å². The molecule has 2 aromatic heterocycles. The van der Waals surface area contributed by atoms with Crippen molar-refractivity contribution >= 4 is 0 Å². The first-order valence-electron chi connectivity index (χ1n) is 6.67. The van der Waals surface area contributed by atoms with E-state index in [0.29, 0.717) is 0 Å². The third kappa shape index (κ3) is 2.81. The summed E-state index contributed by atoms with van der Waals surface area (Å²) in [5, 5.41) is 3.44. The van der Waals surface area contributed by atoms with Crippen LogP contribution in [0.4, 0.5) is 0 Å². The van der Waals surface area contributed by atoms with E-state index in [1.807, 2.05) is 22.9 Å². The zero-order valence-corrected chi connectivity index (χ0v) is 11.4. The molecule has 4 heteroatoms. The number of imidazole rings is 1. The van der Waals surface area contributed by atoms with E-state index in [2.05, 4.69) is 41.5 Å². The van der Waals surface area contributed by atoms with Crippen LogP contribution < -0.4 is 5.32 Å². The van der Waals surface area contributed by atoms with Crippen LogP contribution in [0.5, 0.6) is 0 Å². The third-order valence-corrected chi connectivity index (χ3v) is 3.36. The molecule has 0 radical (unpaired) electrons. The highest BCUT2D eigenvalue weighted by Gasteiger charge is 2.06. The number of furan rings is 1. The molecule has 1 unspecified atom stereocenters. The molecule has 4 nitrogen and oxygen atoms in total. The molecule has 3 rings (SSSR count). The molecule has 20 heavy (non-hydrogen) atoms. The summed E-state index contributed by atoms with van der Waals surface area (Å²) in [6.07, 6.45) is 7.21. The van der Waals surface area contributed by atoms with E-state index in [4.69, 9.17) is 4.42 Å². The first-order valence-corrected chi connectivity index (χ1v) is 6.67. The maximum absolute atomic E-state index is 5.32. The van der Waals surface area contributed by atoms with Gasteiger partial charge in [0.05, 0.1) is 19.1 Å². The van der Waals surface area contributed by atoms with Gasteiger partial charge in [0, 0.05) is 24.1 Å². The monoisotopic (exact) mass is 267 g/mol. The molecule has 102 valence electrons. The van der Waals surface area contributed by atoms with Gasteiger partial charge >= 0.3 is 0 Å². The van der Waals surface area contributed by atoms with E-state index >= 15 is 0 Å². The van der Waals surface area contributed by atoms with Gasteiger partial charge in [-0.25, -0.2) is 4.98 Å². The summed E-state index contributed by atoms with van der Waals surface area (Å²) < 4.78 is 7.31. The second-order valence-corrected chi connectivity index (χ2v) is 4.74. The predicted molar refractivity (Wildman–Crippen MR) is 77.5 cm³/mol. The van der Waals surface area contributed by atoms with Crippen molar-refractivity contribution in [2.24, 2.45) is 0 Å². The van der Waals surface area contributed by atoms with Crippen molar-refractivity contribution in [2.75, 3.05) is 0 Å². The van der Waals surface area contributed by atoms with Crippen LogP contribution in [0.25, 0.3) is 5.69 Å². The van der Waals surface area contributed by atoms with Crippen molar-refractivity contribution in [3.8, 4) is 5.69 Å². The van der Waals surface area contributed by atoms with Gasteiger partial charge in [-0.1, -0.05) is 12.1 Å². The lowest BCUT2D eigenvalue weighted by Crippen LogP contribution is -2.17. The molecular formula is C16H17N3O. The van der Waals surface area contributed by atoms with E-state index in [1.54, 1.807) is 18.8 Å². The Balaban J connectivity index is 1.65. The van der Waals surface area contributed by atoms with Gasteiger partial charge in [-0.15, -0.1) is 0 Å². The summed E-state index contributed by atoms with van der Waals surface area (Å²) in [7, 11) is 0. The fourth-order valence-electron chi connectivity index (χ4n) is 2.13. The lowest BCUT2D eigenvalue weighted by Gasteiger charge is -2.14. The van der Waals surface area contributed by atoms with Crippen LogP contribution in [0.3, 0.4) is 0 Å². The molecule has 1 aromatic carbocycles. The van der Waals surface area contributed by atoms with E-state index in [1.165, 1.54) is 5.56 Å². The highest BCUT2D eigenvalue weighted by atomic mass is 16.3. The Morgan fingerprint density at radius 1 is 1.25 bits per heavy atom. The Hall–Kier alpha value is -2.33. The second kappa shape index (κ2) is 5.75. The van der Waals surface area contributed by atoms with Crippen LogP contribution in [0.1, 0.15) is 24.3 Å². The van der Waals surface area contributed by atoms with Gasteiger partial charge in [0.15, 0.2) is 0 Å². The Labute approximate surface area is 118 Å². The summed E-state index contributed by atoms with van der Waals surface area (Å²) in [4.78, 5) is 4.05. The van der Waals surface area contributed by atoms with Crippen molar-refractivity contribution in [1.82, 2.24) is 14.9 Å². The highest BCUT2D eigenvalue weighted by Crippen LogP contribution is 2.16. The lowest BCUT2D eigenvalue weighted by atomic mass is 10.1. The lowest BCUT2D eigenvalue weighted by molar-refractivity contribution is 0.460. The molecule has 1 atom stereocenters. The second-order valence-electron chi connectivity index (χ2n) is 4.74. The molecule has 0 aliphatic rings. The van der Waals surface area contributed by atoms with Crippen molar-refractivity contribution in [2.45, 2.75) is 19.5 Å². The van der Waals surface area contributed by atoms with Crippen LogP contribution in [-0.4, -0.2) is 9.55 Å². The largest absolute Gasteiger partial charge is 0.468 e. The van der Waals surface area contributed by atoms with Crippen molar-refractivity contribution < 1.29 is 4.42 Å². The van der Waals surface area contributed by atoms with E-state index in [-0.39, 0.29) is 6.04 Å². The highest BCUT2D eigenvalue weighted by molar-refractivity contribution is 5.35. The number of aromatic nitrogens is 2. The first kappa shape index (κ1) is 12.7. The molecule has 3 aromatic rings. The average molecular weight is 267 g/mol. The fraction of sp³-hybridized carbons (Fsp3) is 0.188. The fourth-order valence-corrected chi connectivity index (χ4v) is 2.13. The number of benzene rings is 1. The maximum atomic E-state index is 5.32. The molecular weight excluding hydrogens is 250 g/mol. The van der Waals surface area contributed by atoms with Crippen molar-refractivity contribution in [1.29, 1.82) is 0 Å². The molecule has 0 aliphatic heterocycles. The molecule has 0 bridgehead atoms. The average Bonchev–Trinajstić information content (AvgIpc) is 3.18. The standard InChI is InChI=1S/C16H17N3O/c1-13(18-11-16-3-2-10-20-16)14-4-6-15(7-5-14)19-9-8-17-12-19/h2-10,12-13,18H,11H2,1H3.